The summed E-state index contributed by atoms with van der Waals surface area (Å²) in [5.41, 5.74) is 1.01. The Morgan fingerprint density at radius 1 is 0.828 bits per heavy atom. The van der Waals surface area contributed by atoms with Gasteiger partial charge in [0.15, 0.2) is 0 Å². The quantitative estimate of drug-likeness (QED) is 0.351. The Balaban J connectivity index is 1.23. The summed E-state index contributed by atoms with van der Waals surface area (Å²) in [4.78, 5) is 39.8. The lowest BCUT2D eigenvalue weighted by atomic mass is 9.63. The summed E-state index contributed by atoms with van der Waals surface area (Å²) < 4.78 is 5.39. The molecule has 6 atom stereocenters. The van der Waals surface area contributed by atoms with Crippen molar-refractivity contribution < 1.29 is 19.1 Å². The van der Waals surface area contributed by atoms with E-state index >= 15 is 0 Å². The van der Waals surface area contributed by atoms with Gasteiger partial charge in [-0.3, -0.25) is 14.5 Å². The minimum atomic E-state index is -0.445. The van der Waals surface area contributed by atoms with Crippen LogP contribution in [0.3, 0.4) is 0 Å². The summed E-state index contributed by atoms with van der Waals surface area (Å²) in [7, 11) is 0. The van der Waals surface area contributed by atoms with Crippen LogP contribution in [0.25, 0.3) is 0 Å². The van der Waals surface area contributed by atoms with Crippen molar-refractivity contribution in [2.24, 2.45) is 35.5 Å². The Morgan fingerprint density at radius 2 is 1.41 bits per heavy atom. The van der Waals surface area contributed by atoms with Gasteiger partial charge in [0.2, 0.25) is 11.8 Å². The molecule has 5 heteroatoms. The lowest BCUT2D eigenvalue weighted by Crippen LogP contribution is -2.40. The highest BCUT2D eigenvalue weighted by Crippen LogP contribution is 2.65. The van der Waals surface area contributed by atoms with Crippen LogP contribution >= 0.6 is 0 Å². The summed E-state index contributed by atoms with van der Waals surface area (Å²) in [5, 5.41) is 0. The van der Waals surface area contributed by atoms with Gasteiger partial charge in [-0.25, -0.2) is 4.79 Å². The van der Waals surface area contributed by atoms with Crippen molar-refractivity contribution in [2.45, 2.75) is 6.42 Å². The fraction of sp³-hybridized carbons (Fsp3) is 0.292. The third-order valence-electron chi connectivity index (χ3n) is 6.98. The maximum Gasteiger partial charge on any atom is 0.343 e. The monoisotopic (exact) mass is 385 g/mol. The van der Waals surface area contributed by atoms with E-state index < -0.39 is 5.97 Å². The number of carbonyl (C=O) groups excluding carboxylic acids is 3. The molecule has 7 rings (SSSR count). The summed E-state index contributed by atoms with van der Waals surface area (Å²) in [5.74, 6) is 0.934. The second-order valence-electron chi connectivity index (χ2n) is 8.42. The van der Waals surface area contributed by atoms with Gasteiger partial charge < -0.3 is 4.74 Å². The van der Waals surface area contributed by atoms with E-state index in [2.05, 4.69) is 12.2 Å². The van der Waals surface area contributed by atoms with E-state index in [1.807, 2.05) is 6.07 Å². The zero-order chi connectivity index (χ0) is 19.7. The van der Waals surface area contributed by atoms with Crippen molar-refractivity contribution in [3.8, 4) is 5.75 Å². The lowest BCUT2D eigenvalue weighted by molar-refractivity contribution is -0.124. The van der Waals surface area contributed by atoms with Crippen LogP contribution in [-0.4, -0.2) is 17.8 Å². The number of nitrogens with zero attached hydrogens (tertiary/aromatic N) is 1. The predicted octanol–water partition coefficient (Wildman–Crippen LogP) is 3.46. The highest BCUT2D eigenvalue weighted by Gasteiger charge is 2.67. The van der Waals surface area contributed by atoms with Gasteiger partial charge in [-0.1, -0.05) is 30.4 Å². The minimum Gasteiger partial charge on any atom is -0.423 e. The third kappa shape index (κ3) is 2.36. The zero-order valence-electron chi connectivity index (χ0n) is 15.6. The molecule has 5 nitrogen and oxygen atoms in total. The molecular weight excluding hydrogens is 366 g/mol. The van der Waals surface area contributed by atoms with Gasteiger partial charge in [0.25, 0.3) is 0 Å². The molecule has 1 saturated heterocycles. The highest BCUT2D eigenvalue weighted by molar-refractivity contribution is 6.22. The molecule has 2 bridgehead atoms. The summed E-state index contributed by atoms with van der Waals surface area (Å²) >= 11 is 0. The first-order chi connectivity index (χ1) is 14.1. The number of benzene rings is 2. The second kappa shape index (κ2) is 5.89. The Kier molecular flexibility index (Phi) is 3.40. The third-order valence-corrected chi connectivity index (χ3v) is 6.98. The Bertz CT molecular complexity index is 1020. The maximum atomic E-state index is 13.1. The van der Waals surface area contributed by atoms with Gasteiger partial charge in [-0.15, -0.1) is 0 Å². The van der Waals surface area contributed by atoms with Crippen LogP contribution in [0.2, 0.25) is 0 Å². The maximum absolute atomic E-state index is 13.1. The molecule has 1 aliphatic heterocycles. The first-order valence-corrected chi connectivity index (χ1v) is 10.1. The number of hydrogen-bond donors (Lipinski definition) is 0. The number of esters is 1. The van der Waals surface area contributed by atoms with E-state index in [-0.39, 0.29) is 35.5 Å². The summed E-state index contributed by atoms with van der Waals surface area (Å²) in [6, 6.07) is 15.4. The molecule has 2 saturated carbocycles. The van der Waals surface area contributed by atoms with E-state index in [0.29, 0.717) is 28.8 Å². The Morgan fingerprint density at radius 3 is 2.00 bits per heavy atom. The molecular formula is C24H19NO4. The van der Waals surface area contributed by atoms with Crippen LogP contribution in [0.1, 0.15) is 16.8 Å². The normalized spacial score (nSPS) is 33.4. The molecule has 2 aromatic carbocycles. The van der Waals surface area contributed by atoms with Crippen LogP contribution in [0.15, 0.2) is 66.7 Å². The van der Waals surface area contributed by atoms with Crippen molar-refractivity contribution in [3.05, 3.63) is 72.3 Å². The Labute approximate surface area is 168 Å². The number of ether oxygens (including phenoxy) is 1. The standard InChI is InChI=1S/C24H19NO4/c26-22-20-16-10-11-17(19-12-18(16)19)21(20)23(27)25(22)14-6-8-15(9-7-14)29-24(28)13-4-2-1-3-5-13/h1-11,16-21H,12H2/t16-,17-,18-,19-,20-,21+/m1/s1. The van der Waals surface area contributed by atoms with Crippen LogP contribution in [0.4, 0.5) is 5.69 Å². The topological polar surface area (TPSA) is 63.7 Å². The van der Waals surface area contributed by atoms with Crippen LogP contribution < -0.4 is 9.64 Å². The fourth-order valence-electron chi connectivity index (χ4n) is 5.61. The van der Waals surface area contributed by atoms with Gasteiger partial charge in [0.1, 0.15) is 5.75 Å². The van der Waals surface area contributed by atoms with E-state index in [4.69, 9.17) is 4.74 Å². The molecule has 0 aromatic heterocycles. The van der Waals surface area contributed by atoms with Crippen LogP contribution in [0.5, 0.6) is 5.75 Å². The van der Waals surface area contributed by atoms with Crippen molar-refractivity contribution in [3.63, 3.8) is 0 Å². The molecule has 1 heterocycles. The average Bonchev–Trinajstić information content (AvgIpc) is 3.53. The molecule has 2 aromatic rings. The first kappa shape index (κ1) is 16.7. The van der Waals surface area contributed by atoms with E-state index in [9.17, 15) is 14.4 Å². The summed E-state index contributed by atoms with van der Waals surface area (Å²) in [6.45, 7) is 0. The van der Waals surface area contributed by atoms with E-state index in [1.165, 1.54) is 4.90 Å². The molecule has 0 N–H and O–H groups in total. The number of imide groups is 1. The number of carbonyl (C=O) groups is 3. The molecule has 29 heavy (non-hydrogen) atoms. The van der Waals surface area contributed by atoms with Crippen molar-refractivity contribution in [1.82, 2.24) is 0 Å². The molecule has 144 valence electrons. The second-order valence-corrected chi connectivity index (χ2v) is 8.42. The highest BCUT2D eigenvalue weighted by atomic mass is 16.5. The van der Waals surface area contributed by atoms with Gasteiger partial charge in [0, 0.05) is 0 Å². The fourth-order valence-corrected chi connectivity index (χ4v) is 5.61. The van der Waals surface area contributed by atoms with Gasteiger partial charge in [-0.2, -0.15) is 0 Å². The number of amides is 2. The molecule has 0 unspecified atom stereocenters. The number of rotatable bonds is 3. The first-order valence-electron chi connectivity index (χ1n) is 10.1. The zero-order valence-corrected chi connectivity index (χ0v) is 15.6. The smallest absolute Gasteiger partial charge is 0.343 e. The Hall–Kier alpha value is -3.21. The van der Waals surface area contributed by atoms with Gasteiger partial charge >= 0.3 is 5.97 Å². The molecule has 3 fully saturated rings. The SMILES string of the molecule is O=C(Oc1ccc(N2C(=O)[C@@H]3[C@@H]4C=C[C@H]([C@H]5C[C@H]45)[C@@H]3C2=O)cc1)c1ccccc1. The van der Waals surface area contributed by atoms with Crippen LogP contribution in [0, 0.1) is 35.5 Å². The number of hydrogen-bond acceptors (Lipinski definition) is 4. The largest absolute Gasteiger partial charge is 0.423 e. The van der Waals surface area contributed by atoms with E-state index in [0.717, 1.165) is 6.42 Å². The van der Waals surface area contributed by atoms with Gasteiger partial charge in [0.05, 0.1) is 23.1 Å². The molecule has 2 amide bonds. The van der Waals surface area contributed by atoms with Crippen LogP contribution in [-0.2, 0) is 9.59 Å². The summed E-state index contributed by atoms with van der Waals surface area (Å²) in [6.07, 6.45) is 5.49. The van der Waals surface area contributed by atoms with Crippen molar-refractivity contribution in [2.75, 3.05) is 4.90 Å². The van der Waals surface area contributed by atoms with Crippen molar-refractivity contribution in [1.29, 1.82) is 0 Å². The average molecular weight is 385 g/mol. The molecule has 0 spiro atoms. The van der Waals surface area contributed by atoms with E-state index in [1.54, 1.807) is 48.5 Å². The number of anilines is 1. The number of allylic oxidation sites excluding steroid dienone is 2. The molecule has 5 aliphatic rings. The molecule has 0 radical (unpaired) electrons. The predicted molar refractivity (Wildman–Crippen MR) is 105 cm³/mol. The molecule has 4 aliphatic carbocycles. The minimum absolute atomic E-state index is 0.0845. The van der Waals surface area contributed by atoms with Crippen molar-refractivity contribution >= 4 is 23.5 Å². The van der Waals surface area contributed by atoms with Gasteiger partial charge in [-0.05, 0) is 66.5 Å². The lowest BCUT2D eigenvalue weighted by Gasteiger charge is -2.37.